The van der Waals surface area contributed by atoms with Gasteiger partial charge in [0.15, 0.2) is 0 Å². The molecule has 9 heteroatoms. The average Bonchev–Trinajstić information content (AvgIpc) is 2.15. The minimum absolute atomic E-state index is 0.0911. The number of nitrogens with zero attached hydrogens (tertiary/aromatic N) is 1. The third-order valence-corrected chi connectivity index (χ3v) is 3.23. The molecule has 0 spiro atoms. The standard InChI is InChI=1S/C8H6ClNO6S/c9-17(15,16)6-2-1-5(3-8(11)12)7(4-6)10(13)14/h1-2,4H,3H2,(H,11,12). The number of halogens is 1. The van der Waals surface area contributed by atoms with Crippen molar-refractivity contribution in [2.24, 2.45) is 0 Å². The molecule has 0 saturated heterocycles. The monoisotopic (exact) mass is 279 g/mol. The summed E-state index contributed by atoms with van der Waals surface area (Å²) in [6.45, 7) is 0. The summed E-state index contributed by atoms with van der Waals surface area (Å²) in [5, 5.41) is 19.2. The van der Waals surface area contributed by atoms with Crippen molar-refractivity contribution in [1.82, 2.24) is 0 Å². The van der Waals surface area contributed by atoms with E-state index in [0.717, 1.165) is 18.2 Å². The third-order valence-electron chi connectivity index (χ3n) is 1.88. The molecule has 7 nitrogen and oxygen atoms in total. The molecule has 92 valence electrons. The van der Waals surface area contributed by atoms with Gasteiger partial charge in [0.25, 0.3) is 14.7 Å². The molecule has 1 aromatic rings. The van der Waals surface area contributed by atoms with Crippen molar-refractivity contribution in [3.63, 3.8) is 0 Å². The van der Waals surface area contributed by atoms with E-state index >= 15 is 0 Å². The van der Waals surface area contributed by atoms with Crippen LogP contribution in [0.15, 0.2) is 23.1 Å². The molecule has 0 radical (unpaired) electrons. The lowest BCUT2D eigenvalue weighted by molar-refractivity contribution is -0.385. The van der Waals surface area contributed by atoms with Crippen LogP contribution >= 0.6 is 10.7 Å². The Hall–Kier alpha value is -1.67. The SMILES string of the molecule is O=C(O)Cc1ccc(S(=O)(=O)Cl)cc1[N+](=O)[O-]. The van der Waals surface area contributed by atoms with Crippen molar-refractivity contribution >= 4 is 31.4 Å². The first-order chi connectivity index (χ1) is 7.71. The average molecular weight is 280 g/mol. The predicted octanol–water partition coefficient (Wildman–Crippen LogP) is 1.15. The van der Waals surface area contributed by atoms with Gasteiger partial charge in [0.2, 0.25) is 0 Å². The molecule has 1 N–H and O–H groups in total. The fraction of sp³-hybridized carbons (Fsp3) is 0.125. The molecule has 0 bridgehead atoms. The number of hydrogen-bond acceptors (Lipinski definition) is 5. The highest BCUT2D eigenvalue weighted by Crippen LogP contribution is 2.25. The molecule has 0 atom stereocenters. The molecule has 17 heavy (non-hydrogen) atoms. The van der Waals surface area contributed by atoms with E-state index in [-0.39, 0.29) is 5.56 Å². The Morgan fingerprint density at radius 2 is 2.06 bits per heavy atom. The Morgan fingerprint density at radius 1 is 1.47 bits per heavy atom. The first kappa shape index (κ1) is 13.4. The highest BCUT2D eigenvalue weighted by atomic mass is 35.7. The predicted molar refractivity (Wildman–Crippen MR) is 57.5 cm³/mol. The van der Waals surface area contributed by atoms with Crippen molar-refractivity contribution in [3.8, 4) is 0 Å². The van der Waals surface area contributed by atoms with Gasteiger partial charge >= 0.3 is 5.97 Å². The largest absolute Gasteiger partial charge is 0.481 e. The van der Waals surface area contributed by atoms with Crippen LogP contribution in [0.3, 0.4) is 0 Å². The summed E-state index contributed by atoms with van der Waals surface area (Å²) in [6.07, 6.45) is -0.571. The Labute approximate surface area is 100 Å². The highest BCUT2D eigenvalue weighted by Gasteiger charge is 2.20. The van der Waals surface area contributed by atoms with Gasteiger partial charge < -0.3 is 5.11 Å². The van der Waals surface area contributed by atoms with Crippen LogP contribution in [-0.2, 0) is 20.3 Å². The van der Waals surface area contributed by atoms with Gasteiger partial charge in [-0.3, -0.25) is 14.9 Å². The molecule has 1 aromatic carbocycles. The quantitative estimate of drug-likeness (QED) is 0.502. The summed E-state index contributed by atoms with van der Waals surface area (Å²) < 4.78 is 21.9. The third kappa shape index (κ3) is 3.40. The molecule has 0 aliphatic carbocycles. The second-order valence-electron chi connectivity index (χ2n) is 3.06. The molecule has 0 amide bonds. The maximum Gasteiger partial charge on any atom is 0.308 e. The van der Waals surface area contributed by atoms with Gasteiger partial charge in [0.05, 0.1) is 16.2 Å². The van der Waals surface area contributed by atoms with E-state index < -0.39 is 36.9 Å². The van der Waals surface area contributed by atoms with Crippen molar-refractivity contribution in [1.29, 1.82) is 0 Å². The summed E-state index contributed by atoms with van der Waals surface area (Å²) >= 11 is 0. The van der Waals surface area contributed by atoms with Gasteiger partial charge in [0, 0.05) is 22.3 Å². The Morgan fingerprint density at radius 3 is 2.47 bits per heavy atom. The van der Waals surface area contributed by atoms with Crippen molar-refractivity contribution in [2.45, 2.75) is 11.3 Å². The molecule has 0 aliphatic rings. The molecular formula is C8H6ClNO6S. The maximum atomic E-state index is 11.0. The zero-order valence-electron chi connectivity index (χ0n) is 8.16. The van der Waals surface area contributed by atoms with Gasteiger partial charge in [-0.25, -0.2) is 8.42 Å². The summed E-state index contributed by atoms with van der Waals surface area (Å²) in [7, 11) is 0.943. The number of nitro groups is 1. The first-order valence-electron chi connectivity index (χ1n) is 4.15. The summed E-state index contributed by atoms with van der Waals surface area (Å²) in [5.41, 5.74) is -0.680. The Bertz CT molecular complexity index is 582. The fourth-order valence-electron chi connectivity index (χ4n) is 1.18. The second kappa shape index (κ2) is 4.68. The minimum Gasteiger partial charge on any atom is -0.481 e. The van der Waals surface area contributed by atoms with Crippen molar-refractivity contribution < 1.29 is 23.2 Å². The fourth-order valence-corrected chi connectivity index (χ4v) is 1.95. The topological polar surface area (TPSA) is 115 Å². The molecule has 0 heterocycles. The van der Waals surface area contributed by atoms with Crippen LogP contribution in [0.2, 0.25) is 0 Å². The number of rotatable bonds is 4. The van der Waals surface area contributed by atoms with Gasteiger partial charge in [-0.1, -0.05) is 6.07 Å². The molecular weight excluding hydrogens is 274 g/mol. The number of carboxylic acids is 1. The summed E-state index contributed by atoms with van der Waals surface area (Å²) in [4.78, 5) is 19.8. The van der Waals surface area contributed by atoms with E-state index in [1.54, 1.807) is 0 Å². The number of carboxylic acid groups (broad SMARTS) is 1. The smallest absolute Gasteiger partial charge is 0.308 e. The maximum absolute atomic E-state index is 11.0. The normalized spacial score (nSPS) is 11.1. The van der Waals surface area contributed by atoms with Gasteiger partial charge in [-0.2, -0.15) is 0 Å². The molecule has 0 saturated carbocycles. The van der Waals surface area contributed by atoms with Crippen LogP contribution in [0.5, 0.6) is 0 Å². The zero-order valence-corrected chi connectivity index (χ0v) is 9.73. The lowest BCUT2D eigenvalue weighted by atomic mass is 10.1. The lowest BCUT2D eigenvalue weighted by Crippen LogP contribution is -2.05. The molecule has 0 aliphatic heterocycles. The van der Waals surface area contributed by atoms with Crippen LogP contribution in [0, 0.1) is 10.1 Å². The molecule has 0 aromatic heterocycles. The van der Waals surface area contributed by atoms with Crippen molar-refractivity contribution in [2.75, 3.05) is 0 Å². The zero-order chi connectivity index (χ0) is 13.2. The number of benzene rings is 1. The van der Waals surface area contributed by atoms with E-state index in [9.17, 15) is 23.3 Å². The van der Waals surface area contributed by atoms with E-state index in [1.807, 2.05) is 0 Å². The summed E-state index contributed by atoms with van der Waals surface area (Å²) in [6, 6.07) is 2.82. The van der Waals surface area contributed by atoms with E-state index in [4.69, 9.17) is 15.8 Å². The number of aliphatic carboxylic acids is 1. The number of nitro benzene ring substituents is 1. The second-order valence-corrected chi connectivity index (χ2v) is 5.62. The highest BCUT2D eigenvalue weighted by molar-refractivity contribution is 8.13. The number of hydrogen-bond donors (Lipinski definition) is 1. The summed E-state index contributed by atoms with van der Waals surface area (Å²) in [5.74, 6) is -1.26. The van der Waals surface area contributed by atoms with Crippen LogP contribution in [0.4, 0.5) is 5.69 Å². The first-order valence-corrected chi connectivity index (χ1v) is 6.46. The van der Waals surface area contributed by atoms with E-state index in [2.05, 4.69) is 0 Å². The van der Waals surface area contributed by atoms with Crippen molar-refractivity contribution in [3.05, 3.63) is 33.9 Å². The van der Waals surface area contributed by atoms with Gasteiger partial charge in [0.1, 0.15) is 0 Å². The van der Waals surface area contributed by atoms with Crippen LogP contribution in [0.25, 0.3) is 0 Å². The molecule has 1 rings (SSSR count). The van der Waals surface area contributed by atoms with Gasteiger partial charge in [-0.05, 0) is 6.07 Å². The van der Waals surface area contributed by atoms with Crippen LogP contribution < -0.4 is 0 Å². The Kier molecular flexibility index (Phi) is 3.69. The lowest BCUT2D eigenvalue weighted by Gasteiger charge is -2.01. The molecule has 0 unspecified atom stereocenters. The van der Waals surface area contributed by atoms with Crippen LogP contribution in [-0.4, -0.2) is 24.4 Å². The van der Waals surface area contributed by atoms with E-state index in [0.29, 0.717) is 0 Å². The Balaban J connectivity index is 3.37. The molecule has 0 fully saturated rings. The van der Waals surface area contributed by atoms with Crippen LogP contribution in [0.1, 0.15) is 5.56 Å². The van der Waals surface area contributed by atoms with E-state index in [1.165, 1.54) is 0 Å². The van der Waals surface area contributed by atoms with Gasteiger partial charge in [-0.15, -0.1) is 0 Å². The number of carbonyl (C=O) groups is 1. The minimum atomic E-state index is -4.08.